The van der Waals surface area contributed by atoms with Gasteiger partial charge in [0.05, 0.1) is 6.04 Å². The Morgan fingerprint density at radius 3 is 2.23 bits per heavy atom. The van der Waals surface area contributed by atoms with Crippen molar-refractivity contribution in [1.82, 2.24) is 10.2 Å². The molecule has 3 aromatic carbocycles. The minimum Gasteiger partial charge on any atom is -0.341 e. The number of benzene rings is 3. The molecule has 4 rings (SSSR count). The third-order valence-electron chi connectivity index (χ3n) is 5.37. The van der Waals surface area contributed by atoms with Crippen LogP contribution < -0.4 is 5.32 Å². The van der Waals surface area contributed by atoms with Crippen molar-refractivity contribution >= 4 is 23.4 Å². The number of halogens is 1. The van der Waals surface area contributed by atoms with Crippen LogP contribution in [-0.4, -0.2) is 23.3 Å². The van der Waals surface area contributed by atoms with Crippen LogP contribution in [0, 0.1) is 0 Å². The van der Waals surface area contributed by atoms with Crippen molar-refractivity contribution in [3.8, 4) is 0 Å². The molecule has 0 spiro atoms. The molecule has 1 heterocycles. The number of carbonyl (C=O) groups is 2. The van der Waals surface area contributed by atoms with E-state index in [1.165, 1.54) is 0 Å². The fourth-order valence-electron chi connectivity index (χ4n) is 3.73. The van der Waals surface area contributed by atoms with E-state index >= 15 is 0 Å². The first-order valence-corrected chi connectivity index (χ1v) is 10.5. The Kier molecular flexibility index (Phi) is 6.15. The number of hydrogen-bond acceptors (Lipinski definition) is 2. The summed E-state index contributed by atoms with van der Waals surface area (Å²) in [7, 11) is 0. The summed E-state index contributed by atoms with van der Waals surface area (Å²) in [5, 5.41) is 3.79. The average molecular weight is 419 g/mol. The van der Waals surface area contributed by atoms with Gasteiger partial charge in [0.1, 0.15) is 0 Å². The first-order chi connectivity index (χ1) is 14.6. The first kappa shape index (κ1) is 20.2. The Balaban J connectivity index is 1.51. The Morgan fingerprint density at radius 2 is 1.60 bits per heavy atom. The van der Waals surface area contributed by atoms with Gasteiger partial charge in [0.25, 0.3) is 5.91 Å². The van der Waals surface area contributed by atoms with Crippen molar-refractivity contribution < 1.29 is 9.59 Å². The molecular weight excluding hydrogens is 396 g/mol. The molecule has 1 saturated heterocycles. The van der Waals surface area contributed by atoms with Gasteiger partial charge in [-0.25, -0.2) is 0 Å². The number of likely N-dealkylation sites (tertiary alicyclic amines) is 1. The van der Waals surface area contributed by atoms with Gasteiger partial charge < -0.3 is 10.2 Å². The summed E-state index contributed by atoms with van der Waals surface area (Å²) in [5.41, 5.74) is 3.57. The van der Waals surface area contributed by atoms with Crippen LogP contribution in [0.25, 0.3) is 0 Å². The predicted molar refractivity (Wildman–Crippen MR) is 118 cm³/mol. The lowest BCUT2D eigenvalue weighted by molar-refractivity contribution is -0.128. The highest BCUT2D eigenvalue weighted by Gasteiger charge is 2.21. The van der Waals surface area contributed by atoms with E-state index in [2.05, 4.69) is 5.32 Å². The van der Waals surface area contributed by atoms with Gasteiger partial charge in [-0.15, -0.1) is 0 Å². The van der Waals surface area contributed by atoms with Gasteiger partial charge in [-0.05, 0) is 47.4 Å². The first-order valence-electron chi connectivity index (χ1n) is 10.1. The Bertz CT molecular complexity index is 1020. The van der Waals surface area contributed by atoms with Crippen LogP contribution in [-0.2, 0) is 11.3 Å². The minimum atomic E-state index is -0.280. The van der Waals surface area contributed by atoms with Crippen molar-refractivity contribution in [2.45, 2.75) is 25.4 Å². The van der Waals surface area contributed by atoms with Gasteiger partial charge >= 0.3 is 0 Å². The summed E-state index contributed by atoms with van der Waals surface area (Å²) in [5.74, 6) is 0.0492. The molecule has 1 unspecified atom stereocenters. The number of rotatable bonds is 6. The zero-order valence-electron chi connectivity index (χ0n) is 16.6. The van der Waals surface area contributed by atoms with Crippen LogP contribution in [0.3, 0.4) is 0 Å². The summed E-state index contributed by atoms with van der Waals surface area (Å²) in [4.78, 5) is 26.7. The van der Waals surface area contributed by atoms with Crippen LogP contribution in [0.2, 0.25) is 5.02 Å². The molecule has 3 aromatic rings. The molecule has 4 nitrogen and oxygen atoms in total. The lowest BCUT2D eigenvalue weighted by Gasteiger charge is -2.20. The molecule has 1 N–H and O–H groups in total. The van der Waals surface area contributed by atoms with Gasteiger partial charge in [-0.3, -0.25) is 9.59 Å². The van der Waals surface area contributed by atoms with E-state index in [-0.39, 0.29) is 17.9 Å². The lowest BCUT2D eigenvalue weighted by atomic mass is 9.98. The van der Waals surface area contributed by atoms with Crippen molar-refractivity contribution in [3.63, 3.8) is 0 Å². The number of amides is 2. The molecular formula is C25H23ClN2O2. The Morgan fingerprint density at radius 1 is 0.933 bits per heavy atom. The van der Waals surface area contributed by atoms with Gasteiger partial charge in [0.15, 0.2) is 0 Å². The molecule has 1 aliphatic heterocycles. The number of nitrogens with zero attached hydrogens (tertiary/aromatic N) is 1. The normalized spacial score (nSPS) is 14.6. The van der Waals surface area contributed by atoms with E-state index in [0.29, 0.717) is 23.6 Å². The van der Waals surface area contributed by atoms with Gasteiger partial charge in [0.2, 0.25) is 5.91 Å². The van der Waals surface area contributed by atoms with E-state index in [4.69, 9.17) is 11.6 Å². The van der Waals surface area contributed by atoms with Gasteiger partial charge in [-0.1, -0.05) is 66.2 Å². The Labute approximate surface area is 181 Å². The summed E-state index contributed by atoms with van der Waals surface area (Å²) < 4.78 is 0. The third kappa shape index (κ3) is 4.71. The number of hydrogen-bond donors (Lipinski definition) is 1. The molecule has 1 atom stereocenters. The van der Waals surface area contributed by atoms with Crippen molar-refractivity contribution in [2.24, 2.45) is 0 Å². The highest BCUT2D eigenvalue weighted by atomic mass is 35.5. The topological polar surface area (TPSA) is 49.4 Å². The minimum absolute atomic E-state index is 0.150. The number of nitrogens with one attached hydrogen (secondary N) is 1. The molecule has 0 saturated carbocycles. The van der Waals surface area contributed by atoms with E-state index in [1.54, 1.807) is 0 Å². The fraction of sp³-hybridized carbons (Fsp3) is 0.200. The lowest BCUT2D eigenvalue weighted by Crippen LogP contribution is -2.29. The van der Waals surface area contributed by atoms with Crippen LogP contribution >= 0.6 is 11.6 Å². The van der Waals surface area contributed by atoms with E-state index in [9.17, 15) is 9.59 Å². The third-order valence-corrected chi connectivity index (χ3v) is 5.62. The smallest absolute Gasteiger partial charge is 0.252 e. The highest BCUT2D eigenvalue weighted by Crippen LogP contribution is 2.24. The maximum atomic E-state index is 13.0. The maximum absolute atomic E-state index is 13.0. The van der Waals surface area contributed by atoms with Gasteiger partial charge in [0, 0.05) is 30.1 Å². The second kappa shape index (κ2) is 9.14. The number of carbonyl (C=O) groups excluding carboxylic acids is 2. The van der Waals surface area contributed by atoms with Crippen LogP contribution in [0.4, 0.5) is 0 Å². The molecule has 1 fully saturated rings. The second-order valence-electron chi connectivity index (χ2n) is 7.48. The molecule has 0 radical (unpaired) electrons. The van der Waals surface area contributed by atoms with E-state index < -0.39 is 0 Å². The highest BCUT2D eigenvalue weighted by molar-refractivity contribution is 6.30. The molecule has 152 valence electrons. The average Bonchev–Trinajstić information content (AvgIpc) is 3.18. The van der Waals surface area contributed by atoms with Crippen LogP contribution in [0.1, 0.15) is 45.9 Å². The zero-order chi connectivity index (χ0) is 20.9. The summed E-state index contributed by atoms with van der Waals surface area (Å²) >= 11 is 6.04. The maximum Gasteiger partial charge on any atom is 0.252 e. The van der Waals surface area contributed by atoms with E-state index in [0.717, 1.165) is 29.7 Å². The summed E-state index contributed by atoms with van der Waals surface area (Å²) in [6.45, 7) is 1.40. The van der Waals surface area contributed by atoms with Gasteiger partial charge in [-0.2, -0.15) is 0 Å². The monoisotopic (exact) mass is 418 g/mol. The molecule has 5 heteroatoms. The van der Waals surface area contributed by atoms with Crippen molar-refractivity contribution in [1.29, 1.82) is 0 Å². The SMILES string of the molecule is O=C(NC(c1ccccc1)c1ccc(Cl)cc1)c1ccc(CN2CCCC2=O)cc1. The standard InChI is InChI=1S/C25H23ClN2O2/c26-22-14-12-20(13-15-22)24(19-5-2-1-3-6-19)27-25(30)21-10-8-18(9-11-21)17-28-16-4-7-23(28)29/h1-3,5-6,8-15,24H,4,7,16-17H2,(H,27,30). The molecule has 2 amide bonds. The van der Waals surface area contributed by atoms with Crippen molar-refractivity contribution in [3.05, 3.63) is 106 Å². The predicted octanol–water partition coefficient (Wildman–Crippen LogP) is 4.98. The quantitative estimate of drug-likeness (QED) is 0.613. The second-order valence-corrected chi connectivity index (χ2v) is 7.92. The largest absolute Gasteiger partial charge is 0.341 e. The van der Waals surface area contributed by atoms with E-state index in [1.807, 2.05) is 83.8 Å². The van der Waals surface area contributed by atoms with Crippen molar-refractivity contribution in [2.75, 3.05) is 6.54 Å². The summed E-state index contributed by atoms with van der Waals surface area (Å²) in [6, 6.07) is 24.5. The zero-order valence-corrected chi connectivity index (χ0v) is 17.3. The molecule has 0 aromatic heterocycles. The van der Waals surface area contributed by atoms with Crippen LogP contribution in [0.5, 0.6) is 0 Å². The Hall–Kier alpha value is -3.11. The van der Waals surface area contributed by atoms with Crippen LogP contribution in [0.15, 0.2) is 78.9 Å². The molecule has 0 bridgehead atoms. The summed E-state index contributed by atoms with van der Waals surface area (Å²) in [6.07, 6.45) is 1.55. The molecule has 0 aliphatic carbocycles. The molecule has 1 aliphatic rings. The fourth-order valence-corrected chi connectivity index (χ4v) is 3.85. The molecule has 30 heavy (non-hydrogen) atoms.